The third kappa shape index (κ3) is 1.48. The molecule has 1 heterocycles. The number of benzene rings is 1. The smallest absolute Gasteiger partial charge is 0.224 e. The molecule has 3 rings (SSSR count). The van der Waals surface area contributed by atoms with E-state index >= 15 is 0 Å². The molecule has 2 aliphatic rings. The molecule has 5 heteroatoms. The first-order chi connectivity index (χ1) is 8.59. The van der Waals surface area contributed by atoms with Crippen molar-refractivity contribution in [2.24, 2.45) is 4.99 Å². The lowest BCUT2D eigenvalue weighted by molar-refractivity contribution is 0.254. The highest BCUT2D eigenvalue weighted by Gasteiger charge is 2.42. The molecule has 94 valence electrons. The van der Waals surface area contributed by atoms with Crippen LogP contribution in [0.5, 0.6) is 0 Å². The molecule has 0 unspecified atom stereocenters. The fraction of sp³-hybridized carbons (Fsp3) is 0.462. The number of fused-ring (bicyclic) bond motifs is 1. The highest BCUT2D eigenvalue weighted by atomic mass is 32.2. The highest BCUT2D eigenvalue weighted by molar-refractivity contribution is 7.91. The molecule has 0 aromatic heterocycles. The second-order valence-corrected chi connectivity index (χ2v) is 7.02. The van der Waals surface area contributed by atoms with Crippen LogP contribution in [0.3, 0.4) is 0 Å². The van der Waals surface area contributed by atoms with E-state index in [0.29, 0.717) is 11.3 Å². The van der Waals surface area contributed by atoms with E-state index in [9.17, 15) is 13.2 Å². The van der Waals surface area contributed by atoms with Gasteiger partial charge in [-0.2, -0.15) is 4.99 Å². The fourth-order valence-corrected chi connectivity index (χ4v) is 4.50. The summed E-state index contributed by atoms with van der Waals surface area (Å²) in [5.41, 5.74) is 1.26. The van der Waals surface area contributed by atoms with Gasteiger partial charge in [0.15, 0.2) is 9.84 Å². The Labute approximate surface area is 106 Å². The standard InChI is InChI=1S/C13H13NO3S/c15-9-14-13(6-2-7-13)11-3-1-4-12-10(11)5-8-18(12,16)17/h1,3-4H,2,5-8H2. The molecule has 0 atom stereocenters. The van der Waals surface area contributed by atoms with Gasteiger partial charge in [0.2, 0.25) is 6.08 Å². The van der Waals surface area contributed by atoms with Crippen molar-refractivity contribution in [2.75, 3.05) is 5.75 Å². The summed E-state index contributed by atoms with van der Waals surface area (Å²) in [5, 5.41) is 0. The molecule has 0 bridgehead atoms. The number of hydrogen-bond acceptors (Lipinski definition) is 4. The van der Waals surface area contributed by atoms with E-state index in [2.05, 4.69) is 4.99 Å². The third-order valence-electron chi connectivity index (χ3n) is 4.03. The van der Waals surface area contributed by atoms with Crippen LogP contribution < -0.4 is 0 Å². The van der Waals surface area contributed by atoms with Crippen LogP contribution in [-0.4, -0.2) is 20.3 Å². The lowest BCUT2D eigenvalue weighted by atomic mass is 9.70. The molecule has 0 radical (unpaired) electrons. The van der Waals surface area contributed by atoms with Gasteiger partial charge in [-0.05, 0) is 42.9 Å². The van der Waals surface area contributed by atoms with Crippen molar-refractivity contribution in [1.29, 1.82) is 0 Å². The normalized spacial score (nSPS) is 22.7. The van der Waals surface area contributed by atoms with E-state index in [1.54, 1.807) is 18.2 Å². The molecule has 1 fully saturated rings. The van der Waals surface area contributed by atoms with E-state index in [1.165, 1.54) is 0 Å². The van der Waals surface area contributed by atoms with Gasteiger partial charge >= 0.3 is 0 Å². The van der Waals surface area contributed by atoms with Gasteiger partial charge in [-0.3, -0.25) is 0 Å². The lowest BCUT2D eigenvalue weighted by Gasteiger charge is -2.38. The monoisotopic (exact) mass is 263 g/mol. The Bertz CT molecular complexity index is 653. The molecular formula is C13H13NO3S. The highest BCUT2D eigenvalue weighted by Crippen LogP contribution is 2.48. The molecule has 4 nitrogen and oxygen atoms in total. The van der Waals surface area contributed by atoms with Crippen molar-refractivity contribution in [3.05, 3.63) is 29.3 Å². The molecule has 1 aromatic carbocycles. The summed E-state index contributed by atoms with van der Waals surface area (Å²) in [5.74, 6) is 0.167. The number of nitrogens with zero attached hydrogens (tertiary/aromatic N) is 1. The molecule has 1 aliphatic heterocycles. The molecule has 1 aliphatic carbocycles. The summed E-state index contributed by atoms with van der Waals surface area (Å²) in [4.78, 5) is 15.0. The van der Waals surface area contributed by atoms with Gasteiger partial charge in [-0.1, -0.05) is 12.1 Å². The molecule has 0 spiro atoms. The number of carbonyl (C=O) groups excluding carboxylic acids is 1. The summed E-state index contributed by atoms with van der Waals surface area (Å²) < 4.78 is 23.8. The molecule has 0 saturated heterocycles. The van der Waals surface area contributed by atoms with Gasteiger partial charge in [0.05, 0.1) is 16.2 Å². The Morgan fingerprint density at radius 2 is 2.06 bits per heavy atom. The number of isocyanates is 1. The zero-order valence-corrected chi connectivity index (χ0v) is 10.7. The summed E-state index contributed by atoms with van der Waals surface area (Å²) >= 11 is 0. The first kappa shape index (κ1) is 11.6. The zero-order chi connectivity index (χ0) is 12.8. The van der Waals surface area contributed by atoms with E-state index in [1.807, 2.05) is 6.07 Å². The Morgan fingerprint density at radius 1 is 1.28 bits per heavy atom. The van der Waals surface area contributed by atoms with E-state index in [-0.39, 0.29) is 5.75 Å². The van der Waals surface area contributed by atoms with Crippen LogP contribution in [-0.2, 0) is 26.6 Å². The van der Waals surface area contributed by atoms with Crippen molar-refractivity contribution in [1.82, 2.24) is 0 Å². The predicted molar refractivity (Wildman–Crippen MR) is 65.8 cm³/mol. The first-order valence-corrected chi connectivity index (χ1v) is 7.68. The van der Waals surface area contributed by atoms with Crippen LogP contribution in [0.15, 0.2) is 28.1 Å². The summed E-state index contributed by atoms with van der Waals surface area (Å²) in [6.45, 7) is 0. The van der Waals surface area contributed by atoms with Crippen molar-refractivity contribution in [2.45, 2.75) is 36.1 Å². The Kier molecular flexibility index (Phi) is 2.44. The van der Waals surface area contributed by atoms with Crippen LogP contribution in [0.1, 0.15) is 30.4 Å². The zero-order valence-electron chi connectivity index (χ0n) is 9.85. The number of aliphatic imine (C=N–C) groups is 1. The van der Waals surface area contributed by atoms with Gasteiger partial charge in [0, 0.05) is 0 Å². The maximum Gasteiger partial charge on any atom is 0.235 e. The Hall–Kier alpha value is -1.45. The predicted octanol–water partition coefficient (Wildman–Crippen LogP) is 1.73. The second kappa shape index (κ2) is 3.77. The van der Waals surface area contributed by atoms with Gasteiger partial charge in [0.1, 0.15) is 0 Å². The van der Waals surface area contributed by atoms with Crippen LogP contribution in [0.2, 0.25) is 0 Å². The third-order valence-corrected chi connectivity index (χ3v) is 5.82. The van der Waals surface area contributed by atoms with E-state index in [4.69, 9.17) is 0 Å². The summed E-state index contributed by atoms with van der Waals surface area (Å²) in [6.07, 6.45) is 4.80. The van der Waals surface area contributed by atoms with Crippen LogP contribution >= 0.6 is 0 Å². The Morgan fingerprint density at radius 3 is 2.67 bits per heavy atom. The minimum absolute atomic E-state index is 0.167. The average molecular weight is 263 g/mol. The molecule has 18 heavy (non-hydrogen) atoms. The fourth-order valence-electron chi connectivity index (χ4n) is 2.94. The molecule has 1 aromatic rings. The van der Waals surface area contributed by atoms with Crippen molar-refractivity contribution in [3.63, 3.8) is 0 Å². The first-order valence-electron chi connectivity index (χ1n) is 6.03. The average Bonchev–Trinajstić information content (AvgIpc) is 2.61. The minimum Gasteiger partial charge on any atom is -0.224 e. The molecular weight excluding hydrogens is 250 g/mol. The maximum atomic E-state index is 11.9. The van der Waals surface area contributed by atoms with Crippen molar-refractivity contribution >= 4 is 15.9 Å². The SMILES string of the molecule is O=C=NC1(c2cccc3c2CCS3(=O)=O)CCC1. The summed E-state index contributed by atoms with van der Waals surface area (Å²) in [7, 11) is -3.13. The molecule has 1 saturated carbocycles. The topological polar surface area (TPSA) is 63.6 Å². The maximum absolute atomic E-state index is 11.9. The van der Waals surface area contributed by atoms with Crippen LogP contribution in [0.25, 0.3) is 0 Å². The minimum atomic E-state index is -3.13. The van der Waals surface area contributed by atoms with Gasteiger partial charge < -0.3 is 0 Å². The molecule has 0 amide bonds. The molecule has 0 N–H and O–H groups in total. The number of hydrogen-bond donors (Lipinski definition) is 0. The summed E-state index contributed by atoms with van der Waals surface area (Å²) in [6, 6.07) is 5.30. The van der Waals surface area contributed by atoms with Gasteiger partial charge in [-0.15, -0.1) is 0 Å². The van der Waals surface area contributed by atoms with Crippen LogP contribution in [0, 0.1) is 0 Å². The van der Waals surface area contributed by atoms with E-state index < -0.39 is 15.4 Å². The number of sulfone groups is 1. The lowest BCUT2D eigenvalue weighted by Crippen LogP contribution is -2.33. The van der Waals surface area contributed by atoms with Crippen molar-refractivity contribution in [3.8, 4) is 0 Å². The van der Waals surface area contributed by atoms with Crippen LogP contribution in [0.4, 0.5) is 0 Å². The quantitative estimate of drug-likeness (QED) is 0.603. The largest absolute Gasteiger partial charge is 0.235 e. The van der Waals surface area contributed by atoms with E-state index in [0.717, 1.165) is 30.4 Å². The van der Waals surface area contributed by atoms with Gasteiger partial charge in [-0.25, -0.2) is 13.2 Å². The number of rotatable bonds is 2. The van der Waals surface area contributed by atoms with Crippen molar-refractivity contribution < 1.29 is 13.2 Å². The second-order valence-electron chi connectivity index (χ2n) is 4.94. The van der Waals surface area contributed by atoms with Gasteiger partial charge in [0.25, 0.3) is 0 Å². The Balaban J connectivity index is 2.21.